The van der Waals surface area contributed by atoms with E-state index in [4.69, 9.17) is 10.2 Å². The summed E-state index contributed by atoms with van der Waals surface area (Å²) in [7, 11) is 0. The summed E-state index contributed by atoms with van der Waals surface area (Å²) in [4.78, 5) is 65.3. The maximum absolute atomic E-state index is 14.0. The molecule has 1 aromatic carbocycles. The third-order valence-electron chi connectivity index (χ3n) is 8.28. The Morgan fingerprint density at radius 1 is 1.18 bits per heavy atom. The number of nitrogens with two attached hydrogens (primary N) is 1. The van der Waals surface area contributed by atoms with Crippen molar-refractivity contribution in [1.29, 1.82) is 0 Å². The molecule has 1 heterocycles. The van der Waals surface area contributed by atoms with Gasteiger partial charge in [-0.2, -0.15) is 0 Å². The number of rotatable bonds is 5. The van der Waals surface area contributed by atoms with Crippen molar-refractivity contribution in [2.24, 2.45) is 34.8 Å². The molecule has 206 valence electrons. The number of amides is 1. The Balaban J connectivity index is 1.59. The molecule has 2 aromatic rings. The van der Waals surface area contributed by atoms with Crippen molar-refractivity contribution in [1.82, 2.24) is 5.32 Å². The monoisotopic (exact) mass is 536 g/mol. The van der Waals surface area contributed by atoms with Gasteiger partial charge in [-0.15, -0.1) is 0 Å². The smallest absolute Gasteiger partial charge is 0.235 e. The molecule has 3 aliphatic rings. The van der Waals surface area contributed by atoms with Crippen LogP contribution in [0.15, 0.2) is 29.1 Å². The highest BCUT2D eigenvalue weighted by Crippen LogP contribution is 2.51. The Hall–Kier alpha value is -3.63. The molecule has 1 amide bonds. The number of nitrogens with one attached hydrogen (secondary N) is 1. The van der Waals surface area contributed by atoms with Crippen LogP contribution in [0.2, 0.25) is 0 Å². The molecule has 5 N–H and O–H groups in total. The van der Waals surface area contributed by atoms with Gasteiger partial charge < -0.3 is 25.7 Å². The largest absolute Gasteiger partial charge is 0.507 e. The van der Waals surface area contributed by atoms with Gasteiger partial charge in [-0.25, -0.2) is 0 Å². The van der Waals surface area contributed by atoms with E-state index in [0.29, 0.717) is 28.8 Å². The molecular weight excluding hydrogens is 504 g/mol. The average Bonchev–Trinajstić information content (AvgIpc) is 3.36. The summed E-state index contributed by atoms with van der Waals surface area (Å²) in [5.41, 5.74) is 4.89. The van der Waals surface area contributed by atoms with E-state index in [1.165, 1.54) is 12.5 Å². The first-order chi connectivity index (χ1) is 18.3. The second-order valence-electron chi connectivity index (χ2n) is 12.2. The normalized spacial score (nSPS) is 28.6. The number of phenolic OH excluding ortho intramolecular Hbond substituents is 1. The van der Waals surface area contributed by atoms with Crippen LogP contribution in [0.3, 0.4) is 0 Å². The number of aromatic hydroxyl groups is 1. The predicted octanol–water partition coefficient (Wildman–Crippen LogP) is 1.72. The van der Waals surface area contributed by atoms with Crippen LogP contribution in [0.1, 0.15) is 55.1 Å². The number of aliphatic hydroxyl groups is 1. The van der Waals surface area contributed by atoms with Gasteiger partial charge in [0.25, 0.3) is 0 Å². The number of Topliss-reactive ketones (excluding diaryl/α,β-unsaturated/α-hetero) is 4. The van der Waals surface area contributed by atoms with Crippen molar-refractivity contribution >= 4 is 29.0 Å². The highest BCUT2D eigenvalue weighted by molar-refractivity contribution is 6.31. The zero-order valence-corrected chi connectivity index (χ0v) is 22.1. The van der Waals surface area contributed by atoms with Crippen LogP contribution in [0.4, 0.5) is 0 Å². The van der Waals surface area contributed by atoms with E-state index in [1.807, 2.05) is 0 Å². The molecule has 2 saturated carbocycles. The fourth-order valence-corrected chi connectivity index (χ4v) is 6.47. The zero-order valence-electron chi connectivity index (χ0n) is 22.1. The maximum atomic E-state index is 14.0. The number of phenols is 1. The Labute approximate surface area is 224 Å². The molecule has 10 heteroatoms. The second-order valence-corrected chi connectivity index (χ2v) is 12.2. The third kappa shape index (κ3) is 4.22. The van der Waals surface area contributed by atoms with Crippen LogP contribution in [0.5, 0.6) is 5.75 Å². The molecule has 5 atom stereocenters. The predicted molar refractivity (Wildman–Crippen MR) is 137 cm³/mol. The van der Waals surface area contributed by atoms with E-state index in [1.54, 1.807) is 12.1 Å². The molecule has 0 aliphatic heterocycles. The number of primary amides is 1. The number of carbonyl (C=O) groups is 5. The average molecular weight is 537 g/mol. The van der Waals surface area contributed by atoms with Crippen molar-refractivity contribution in [2.45, 2.75) is 52.2 Å². The molecule has 1 aromatic heterocycles. The quantitative estimate of drug-likeness (QED) is 0.414. The SMILES string of the molecule is CC(C)(C)CNCc1cc(-c2ccoc2)c2c(c1O)C(=O)C1C(=O)[C@]3(O)C(=O)C(C(N)=O)C(=O)C[C@@H]3C[C@@H]1C2. The summed E-state index contributed by atoms with van der Waals surface area (Å²) in [5, 5.41) is 26.0. The van der Waals surface area contributed by atoms with Gasteiger partial charge in [0.05, 0.1) is 24.0 Å². The molecule has 0 saturated heterocycles. The minimum atomic E-state index is -2.67. The first kappa shape index (κ1) is 27.0. The molecule has 2 fully saturated rings. The van der Waals surface area contributed by atoms with E-state index in [9.17, 15) is 34.2 Å². The van der Waals surface area contributed by atoms with Crippen molar-refractivity contribution < 1.29 is 38.6 Å². The summed E-state index contributed by atoms with van der Waals surface area (Å²) in [6, 6.07) is 3.54. The summed E-state index contributed by atoms with van der Waals surface area (Å²) in [5.74, 6) is -10.2. The topological polar surface area (TPSA) is 177 Å². The van der Waals surface area contributed by atoms with Crippen molar-refractivity contribution in [3.8, 4) is 16.9 Å². The molecule has 0 bridgehead atoms. The van der Waals surface area contributed by atoms with E-state index in [0.717, 1.165) is 0 Å². The fourth-order valence-electron chi connectivity index (χ4n) is 6.47. The molecular formula is C29H32N2O8. The first-order valence-electron chi connectivity index (χ1n) is 13.0. The summed E-state index contributed by atoms with van der Waals surface area (Å²) in [6.07, 6.45) is 2.90. The number of benzene rings is 1. The van der Waals surface area contributed by atoms with E-state index < -0.39 is 58.3 Å². The highest BCUT2D eigenvalue weighted by atomic mass is 16.3. The van der Waals surface area contributed by atoms with Crippen LogP contribution >= 0.6 is 0 Å². The molecule has 10 nitrogen and oxygen atoms in total. The van der Waals surface area contributed by atoms with Crippen LogP contribution in [-0.4, -0.2) is 51.4 Å². The molecule has 0 spiro atoms. The van der Waals surface area contributed by atoms with E-state index in [-0.39, 0.29) is 42.5 Å². The molecule has 3 aliphatic carbocycles. The first-order valence-corrected chi connectivity index (χ1v) is 13.0. The lowest BCUT2D eigenvalue weighted by Crippen LogP contribution is -2.68. The summed E-state index contributed by atoms with van der Waals surface area (Å²) in [6.45, 7) is 7.07. The summed E-state index contributed by atoms with van der Waals surface area (Å²) < 4.78 is 5.28. The lowest BCUT2D eigenvalue weighted by molar-refractivity contribution is -0.175. The Morgan fingerprint density at radius 2 is 1.90 bits per heavy atom. The molecule has 5 rings (SSSR count). The minimum absolute atomic E-state index is 0.0244. The number of fused-ring (bicyclic) bond motifs is 3. The van der Waals surface area contributed by atoms with Crippen LogP contribution in [0, 0.1) is 29.1 Å². The van der Waals surface area contributed by atoms with Gasteiger partial charge in [-0.05, 0) is 47.4 Å². The number of furan rings is 1. The Morgan fingerprint density at radius 3 is 2.51 bits per heavy atom. The Bertz CT molecular complexity index is 1400. The van der Waals surface area contributed by atoms with Crippen molar-refractivity contribution in [3.63, 3.8) is 0 Å². The van der Waals surface area contributed by atoms with Crippen LogP contribution in [0.25, 0.3) is 11.1 Å². The second kappa shape index (κ2) is 9.24. The highest BCUT2D eigenvalue weighted by Gasteiger charge is 2.66. The van der Waals surface area contributed by atoms with Gasteiger partial charge >= 0.3 is 0 Å². The number of hydrogen-bond donors (Lipinski definition) is 4. The van der Waals surface area contributed by atoms with Gasteiger partial charge in [0.1, 0.15) is 5.75 Å². The standard InChI is InChI=1S/C29H32N2O8/c1-28(2,3)12-31-10-15-8-17(13-4-5-39-11-13)18-7-14-6-16-9-19(32)22(27(30)37)26(36)29(16,38)25(35)20(14)24(34)21(18)23(15)33/h4-5,8,11,14,16,20,22,31,33,38H,6-7,9-10,12H2,1-3H3,(H2,30,37)/t14-,16+,20?,22?,29+/m1/s1. The van der Waals surface area contributed by atoms with Gasteiger partial charge in [0, 0.05) is 36.6 Å². The fraction of sp³-hybridized carbons (Fsp3) is 0.483. The Kier molecular flexibility index (Phi) is 6.38. The number of carbonyl (C=O) groups excluding carboxylic acids is 5. The third-order valence-corrected chi connectivity index (χ3v) is 8.28. The van der Waals surface area contributed by atoms with Gasteiger partial charge in [-0.1, -0.05) is 20.8 Å². The zero-order chi connectivity index (χ0) is 28.4. The van der Waals surface area contributed by atoms with Crippen molar-refractivity contribution in [2.75, 3.05) is 6.54 Å². The molecule has 2 unspecified atom stereocenters. The van der Waals surface area contributed by atoms with E-state index in [2.05, 4.69) is 26.1 Å². The lowest BCUT2D eigenvalue weighted by atomic mass is 9.53. The molecule has 39 heavy (non-hydrogen) atoms. The van der Waals surface area contributed by atoms with Gasteiger partial charge in [0.15, 0.2) is 34.7 Å². The van der Waals surface area contributed by atoms with Crippen LogP contribution in [-0.2, 0) is 32.1 Å². The van der Waals surface area contributed by atoms with Gasteiger partial charge in [-0.3, -0.25) is 24.0 Å². The van der Waals surface area contributed by atoms with E-state index >= 15 is 0 Å². The minimum Gasteiger partial charge on any atom is -0.507 e. The summed E-state index contributed by atoms with van der Waals surface area (Å²) >= 11 is 0. The lowest BCUT2D eigenvalue weighted by Gasteiger charge is -2.48. The van der Waals surface area contributed by atoms with Crippen LogP contribution < -0.4 is 11.1 Å². The maximum Gasteiger partial charge on any atom is 0.235 e. The molecule has 0 radical (unpaired) electrons. The number of hydrogen-bond acceptors (Lipinski definition) is 9. The van der Waals surface area contributed by atoms with Crippen molar-refractivity contribution in [3.05, 3.63) is 41.3 Å². The van der Waals surface area contributed by atoms with Gasteiger partial charge in [0.2, 0.25) is 5.91 Å². The number of ketones is 4.